The van der Waals surface area contributed by atoms with E-state index in [4.69, 9.17) is 0 Å². The van der Waals surface area contributed by atoms with Crippen LogP contribution in [0.1, 0.15) is 58.3 Å². The Balaban J connectivity index is 1.88. The van der Waals surface area contributed by atoms with E-state index >= 15 is 0 Å². The van der Waals surface area contributed by atoms with Crippen molar-refractivity contribution in [3.8, 4) is 0 Å². The van der Waals surface area contributed by atoms with Crippen LogP contribution in [0.5, 0.6) is 0 Å². The fourth-order valence-corrected chi connectivity index (χ4v) is 3.14. The lowest BCUT2D eigenvalue weighted by Crippen LogP contribution is -2.40. The molecule has 2 saturated carbocycles. The summed E-state index contributed by atoms with van der Waals surface area (Å²) in [5.41, 5.74) is -0.793. The third-order valence-electron chi connectivity index (χ3n) is 4.56. The van der Waals surface area contributed by atoms with Gasteiger partial charge in [-0.1, -0.05) is 32.6 Å². The second kappa shape index (κ2) is 5.29. The molecular weight excluding hydrogens is 230 g/mol. The number of rotatable bonds is 5. The molecule has 0 saturated heterocycles. The van der Waals surface area contributed by atoms with Gasteiger partial charge in [-0.2, -0.15) is 0 Å². The molecule has 4 heteroatoms. The van der Waals surface area contributed by atoms with Crippen LogP contribution in [0.4, 0.5) is 0 Å². The van der Waals surface area contributed by atoms with E-state index in [1.165, 1.54) is 0 Å². The second-order valence-corrected chi connectivity index (χ2v) is 5.90. The summed E-state index contributed by atoms with van der Waals surface area (Å²) in [5.74, 6) is -0.249. The van der Waals surface area contributed by atoms with Crippen molar-refractivity contribution >= 4 is 11.9 Å². The Kier molecular flexibility index (Phi) is 3.93. The van der Waals surface area contributed by atoms with Crippen molar-refractivity contribution in [1.82, 2.24) is 5.32 Å². The van der Waals surface area contributed by atoms with Crippen molar-refractivity contribution in [3.05, 3.63) is 0 Å². The van der Waals surface area contributed by atoms with Crippen LogP contribution in [0.25, 0.3) is 0 Å². The molecule has 18 heavy (non-hydrogen) atoms. The highest BCUT2D eigenvalue weighted by atomic mass is 16.4. The third kappa shape index (κ3) is 2.85. The van der Waals surface area contributed by atoms with Gasteiger partial charge in [0.15, 0.2) is 0 Å². The van der Waals surface area contributed by atoms with Gasteiger partial charge in [0.25, 0.3) is 0 Å². The smallest absolute Gasteiger partial charge is 0.310 e. The summed E-state index contributed by atoms with van der Waals surface area (Å²) >= 11 is 0. The first-order chi connectivity index (χ1) is 8.57. The van der Waals surface area contributed by atoms with E-state index in [1.807, 2.05) is 0 Å². The average molecular weight is 253 g/mol. The zero-order valence-electron chi connectivity index (χ0n) is 11.1. The van der Waals surface area contributed by atoms with Crippen LogP contribution < -0.4 is 5.32 Å². The van der Waals surface area contributed by atoms with Gasteiger partial charge in [0.05, 0.1) is 5.41 Å². The SMILES string of the molecule is CCC1CC1NC(=O)CC1(C(=O)O)CCCCC1. The van der Waals surface area contributed by atoms with Gasteiger partial charge >= 0.3 is 5.97 Å². The molecule has 0 aromatic heterocycles. The quantitative estimate of drug-likeness (QED) is 0.790. The molecule has 2 unspecified atom stereocenters. The minimum Gasteiger partial charge on any atom is -0.481 e. The number of carboxylic acid groups (broad SMARTS) is 1. The van der Waals surface area contributed by atoms with Crippen LogP contribution in [0, 0.1) is 11.3 Å². The lowest BCUT2D eigenvalue weighted by atomic mass is 9.71. The van der Waals surface area contributed by atoms with Gasteiger partial charge in [-0.05, 0) is 25.2 Å². The van der Waals surface area contributed by atoms with Crippen molar-refractivity contribution in [2.45, 2.75) is 64.3 Å². The summed E-state index contributed by atoms with van der Waals surface area (Å²) in [5, 5.41) is 12.4. The Labute approximate surface area is 108 Å². The largest absolute Gasteiger partial charge is 0.481 e. The number of nitrogens with one attached hydrogen (secondary N) is 1. The highest BCUT2D eigenvalue weighted by molar-refractivity contribution is 5.85. The number of aliphatic carboxylic acids is 1. The number of hydrogen-bond donors (Lipinski definition) is 2. The van der Waals surface area contributed by atoms with Gasteiger partial charge in [-0.25, -0.2) is 0 Å². The van der Waals surface area contributed by atoms with E-state index in [2.05, 4.69) is 12.2 Å². The second-order valence-electron chi connectivity index (χ2n) is 5.90. The van der Waals surface area contributed by atoms with E-state index < -0.39 is 11.4 Å². The molecule has 1 amide bonds. The minimum absolute atomic E-state index is 0.0692. The first-order valence-electron chi connectivity index (χ1n) is 7.10. The molecule has 0 radical (unpaired) electrons. The highest BCUT2D eigenvalue weighted by Gasteiger charge is 2.43. The average Bonchev–Trinajstić information content (AvgIpc) is 3.08. The Bertz CT molecular complexity index is 334. The molecule has 2 atom stereocenters. The zero-order valence-corrected chi connectivity index (χ0v) is 11.1. The Morgan fingerprint density at radius 3 is 2.44 bits per heavy atom. The van der Waals surface area contributed by atoms with Crippen LogP contribution in [-0.2, 0) is 9.59 Å². The highest BCUT2D eigenvalue weighted by Crippen LogP contribution is 2.40. The van der Waals surface area contributed by atoms with Crippen LogP contribution in [0.2, 0.25) is 0 Å². The third-order valence-corrected chi connectivity index (χ3v) is 4.56. The van der Waals surface area contributed by atoms with E-state index in [-0.39, 0.29) is 12.3 Å². The van der Waals surface area contributed by atoms with E-state index in [1.54, 1.807) is 0 Å². The normalized spacial score (nSPS) is 29.6. The van der Waals surface area contributed by atoms with Gasteiger partial charge < -0.3 is 10.4 Å². The van der Waals surface area contributed by atoms with Crippen molar-refractivity contribution in [3.63, 3.8) is 0 Å². The van der Waals surface area contributed by atoms with Gasteiger partial charge in [0, 0.05) is 12.5 Å². The number of hydrogen-bond acceptors (Lipinski definition) is 2. The maximum atomic E-state index is 12.0. The van der Waals surface area contributed by atoms with Crippen LogP contribution in [-0.4, -0.2) is 23.0 Å². The molecule has 102 valence electrons. The summed E-state index contributed by atoms with van der Waals surface area (Å²) in [7, 11) is 0. The van der Waals surface area contributed by atoms with Crippen LogP contribution >= 0.6 is 0 Å². The summed E-state index contributed by atoms with van der Waals surface area (Å²) < 4.78 is 0. The fraction of sp³-hybridized carbons (Fsp3) is 0.857. The standard InChI is InChI=1S/C14H23NO3/c1-2-10-8-11(10)15-12(16)9-14(13(17)18)6-4-3-5-7-14/h10-11H,2-9H2,1H3,(H,15,16)(H,17,18). The molecule has 2 N–H and O–H groups in total. The fourth-order valence-electron chi connectivity index (χ4n) is 3.14. The molecule has 0 aliphatic heterocycles. The van der Waals surface area contributed by atoms with Gasteiger partial charge in [0.2, 0.25) is 5.91 Å². The summed E-state index contributed by atoms with van der Waals surface area (Å²) in [6.07, 6.45) is 6.57. The van der Waals surface area contributed by atoms with Crippen LogP contribution in [0.15, 0.2) is 0 Å². The van der Waals surface area contributed by atoms with E-state index in [9.17, 15) is 14.7 Å². The van der Waals surface area contributed by atoms with E-state index in [0.717, 1.165) is 32.1 Å². The number of carbonyl (C=O) groups excluding carboxylic acids is 1. The molecule has 0 heterocycles. The first kappa shape index (κ1) is 13.4. The zero-order chi connectivity index (χ0) is 13.2. The van der Waals surface area contributed by atoms with Crippen LogP contribution in [0.3, 0.4) is 0 Å². The number of amides is 1. The van der Waals surface area contributed by atoms with Crippen molar-refractivity contribution in [1.29, 1.82) is 0 Å². The molecule has 0 aromatic carbocycles. The molecule has 4 nitrogen and oxygen atoms in total. The molecule has 2 aliphatic carbocycles. The van der Waals surface area contributed by atoms with Gasteiger partial charge in [0.1, 0.15) is 0 Å². The summed E-state index contributed by atoms with van der Waals surface area (Å²) in [6, 6.07) is 0.303. The molecule has 2 rings (SSSR count). The molecule has 2 fully saturated rings. The first-order valence-corrected chi connectivity index (χ1v) is 7.10. The Morgan fingerprint density at radius 1 is 1.28 bits per heavy atom. The predicted molar refractivity (Wildman–Crippen MR) is 68.1 cm³/mol. The summed E-state index contributed by atoms with van der Waals surface area (Å²) in [6.45, 7) is 2.12. The Morgan fingerprint density at radius 2 is 1.94 bits per heavy atom. The summed E-state index contributed by atoms with van der Waals surface area (Å²) in [4.78, 5) is 23.4. The lowest BCUT2D eigenvalue weighted by molar-refractivity contribution is -0.154. The lowest BCUT2D eigenvalue weighted by Gasteiger charge is -2.32. The van der Waals surface area contributed by atoms with Crippen molar-refractivity contribution in [2.24, 2.45) is 11.3 Å². The van der Waals surface area contributed by atoms with Crippen molar-refractivity contribution in [2.75, 3.05) is 0 Å². The topological polar surface area (TPSA) is 66.4 Å². The Hall–Kier alpha value is -1.06. The predicted octanol–water partition coefficient (Wildman–Crippen LogP) is 2.33. The monoisotopic (exact) mass is 253 g/mol. The molecule has 2 aliphatic rings. The molecule has 0 spiro atoms. The maximum Gasteiger partial charge on any atom is 0.310 e. The molecular formula is C14H23NO3. The maximum absolute atomic E-state index is 12.0. The number of carboxylic acids is 1. The van der Waals surface area contributed by atoms with Gasteiger partial charge in [-0.15, -0.1) is 0 Å². The van der Waals surface area contributed by atoms with Crippen molar-refractivity contribution < 1.29 is 14.7 Å². The number of carbonyl (C=O) groups is 2. The molecule has 0 bridgehead atoms. The van der Waals surface area contributed by atoms with Gasteiger partial charge in [-0.3, -0.25) is 9.59 Å². The minimum atomic E-state index is -0.793. The molecule has 0 aromatic rings. The van der Waals surface area contributed by atoms with E-state index in [0.29, 0.717) is 24.8 Å².